The van der Waals surface area contributed by atoms with Gasteiger partial charge < -0.3 is 19.4 Å². The molecule has 1 fully saturated rings. The number of fused-ring (bicyclic) bond motifs is 6. The van der Waals surface area contributed by atoms with E-state index in [9.17, 15) is 14.4 Å². The Kier molecular flexibility index (Phi) is 4.41. The average Bonchev–Trinajstić information content (AvgIpc) is 3.16. The van der Waals surface area contributed by atoms with E-state index in [1.807, 2.05) is 30.3 Å². The molecule has 3 heterocycles. The van der Waals surface area contributed by atoms with Gasteiger partial charge in [0, 0.05) is 40.4 Å². The molecule has 156 valence electrons. The molecule has 7 heteroatoms. The third kappa shape index (κ3) is 2.61. The Morgan fingerprint density at radius 2 is 1.93 bits per heavy atom. The van der Waals surface area contributed by atoms with Crippen molar-refractivity contribution in [1.29, 1.82) is 0 Å². The topological polar surface area (TPSA) is 88.7 Å². The van der Waals surface area contributed by atoms with Gasteiger partial charge in [-0.1, -0.05) is 24.3 Å². The van der Waals surface area contributed by atoms with Crippen molar-refractivity contribution in [2.75, 3.05) is 14.2 Å². The van der Waals surface area contributed by atoms with Gasteiger partial charge in [0.05, 0.1) is 20.3 Å². The maximum atomic E-state index is 13.6. The highest BCUT2D eigenvalue weighted by Gasteiger charge is 2.52. The molecule has 0 bridgehead atoms. The molecule has 2 aliphatic heterocycles. The first-order valence-electron chi connectivity index (χ1n) is 10.3. The molecule has 1 saturated heterocycles. The first kappa shape index (κ1) is 18.9. The number of carbonyl (C=O) groups excluding carboxylic acids is 3. The molecule has 1 amide bonds. The van der Waals surface area contributed by atoms with E-state index >= 15 is 0 Å². The van der Waals surface area contributed by atoms with Gasteiger partial charge in [0.2, 0.25) is 5.91 Å². The number of carbonyl (C=O) groups is 3. The number of methoxy groups -OCH3 is 2. The minimum Gasteiger partial charge on any atom is -0.467 e. The van der Waals surface area contributed by atoms with E-state index in [2.05, 4.69) is 4.98 Å². The lowest BCUT2D eigenvalue weighted by Gasteiger charge is -2.49. The Morgan fingerprint density at radius 1 is 1.13 bits per heavy atom. The number of allylic oxidation sites excluding steroid dienone is 1. The van der Waals surface area contributed by atoms with Crippen LogP contribution in [0.2, 0.25) is 0 Å². The summed E-state index contributed by atoms with van der Waals surface area (Å²) in [5, 5.41) is 1.06. The summed E-state index contributed by atoms with van der Waals surface area (Å²) in [6.07, 6.45) is 4.22. The van der Waals surface area contributed by atoms with Gasteiger partial charge in [-0.3, -0.25) is 4.79 Å². The maximum absolute atomic E-state index is 13.6. The van der Waals surface area contributed by atoms with Crippen molar-refractivity contribution in [3.8, 4) is 0 Å². The fourth-order valence-corrected chi connectivity index (χ4v) is 5.60. The van der Waals surface area contributed by atoms with E-state index in [-0.39, 0.29) is 29.8 Å². The van der Waals surface area contributed by atoms with E-state index < -0.39 is 12.0 Å². The number of piperidine rings is 1. The third-order valence-corrected chi connectivity index (χ3v) is 6.92. The zero-order valence-corrected chi connectivity index (χ0v) is 17.0. The van der Waals surface area contributed by atoms with Gasteiger partial charge in [0.25, 0.3) is 0 Å². The molecule has 1 N–H and O–H groups in total. The molecule has 7 nitrogen and oxygen atoms in total. The first-order valence-corrected chi connectivity index (χ1v) is 10.3. The van der Waals surface area contributed by atoms with E-state index in [0.29, 0.717) is 31.3 Å². The highest BCUT2D eigenvalue weighted by atomic mass is 16.5. The number of ether oxygens (including phenoxy) is 2. The molecular formula is C23H24N2O5. The van der Waals surface area contributed by atoms with Gasteiger partial charge in [-0.15, -0.1) is 0 Å². The fraction of sp³-hybridized carbons (Fsp3) is 0.435. The number of benzene rings is 1. The molecule has 0 spiro atoms. The van der Waals surface area contributed by atoms with Gasteiger partial charge in [0.1, 0.15) is 6.04 Å². The van der Waals surface area contributed by atoms with Crippen LogP contribution >= 0.6 is 0 Å². The highest BCUT2D eigenvalue weighted by Crippen LogP contribution is 2.49. The summed E-state index contributed by atoms with van der Waals surface area (Å²) in [4.78, 5) is 43.9. The molecular weight excluding hydrogens is 384 g/mol. The first-order chi connectivity index (χ1) is 14.5. The molecule has 2 aromatic rings. The smallest absolute Gasteiger partial charge is 0.333 e. The van der Waals surface area contributed by atoms with Crippen molar-refractivity contribution >= 4 is 28.7 Å². The van der Waals surface area contributed by atoms with Crippen molar-refractivity contribution in [3.05, 3.63) is 47.2 Å². The van der Waals surface area contributed by atoms with E-state index in [0.717, 1.165) is 22.2 Å². The largest absolute Gasteiger partial charge is 0.467 e. The summed E-state index contributed by atoms with van der Waals surface area (Å²) in [6.45, 7) is 0. The number of rotatable bonds is 2. The van der Waals surface area contributed by atoms with Crippen molar-refractivity contribution in [3.63, 3.8) is 0 Å². The molecule has 5 rings (SSSR count). The summed E-state index contributed by atoms with van der Waals surface area (Å²) in [6, 6.07) is 6.98. The molecule has 0 unspecified atom stereocenters. The summed E-state index contributed by atoms with van der Waals surface area (Å²) >= 11 is 0. The van der Waals surface area contributed by atoms with Crippen LogP contribution in [0.25, 0.3) is 10.9 Å². The van der Waals surface area contributed by atoms with Crippen LogP contribution in [-0.2, 0) is 30.3 Å². The highest BCUT2D eigenvalue weighted by molar-refractivity contribution is 5.94. The van der Waals surface area contributed by atoms with Crippen molar-refractivity contribution < 1.29 is 23.9 Å². The summed E-state index contributed by atoms with van der Waals surface area (Å²) < 4.78 is 10.1. The Balaban J connectivity index is 1.65. The van der Waals surface area contributed by atoms with Gasteiger partial charge >= 0.3 is 11.9 Å². The lowest BCUT2D eigenvalue weighted by atomic mass is 9.69. The van der Waals surface area contributed by atoms with Gasteiger partial charge in [-0.2, -0.15) is 0 Å². The number of esters is 2. The molecule has 4 atom stereocenters. The molecule has 0 radical (unpaired) electrons. The summed E-state index contributed by atoms with van der Waals surface area (Å²) in [5.74, 6) is -1.38. The van der Waals surface area contributed by atoms with E-state index in [1.165, 1.54) is 14.2 Å². The summed E-state index contributed by atoms with van der Waals surface area (Å²) in [5.41, 5.74) is 3.57. The Hall–Kier alpha value is -3.09. The normalized spacial score (nSPS) is 27.6. The predicted octanol–water partition coefficient (Wildman–Crippen LogP) is 2.66. The van der Waals surface area contributed by atoms with Gasteiger partial charge in [-0.05, 0) is 30.9 Å². The van der Waals surface area contributed by atoms with Crippen molar-refractivity contribution in [1.82, 2.24) is 9.88 Å². The number of nitrogens with one attached hydrogen (secondary N) is 1. The second-order valence-corrected chi connectivity index (χ2v) is 8.24. The second kappa shape index (κ2) is 7.00. The van der Waals surface area contributed by atoms with Crippen LogP contribution in [0, 0.1) is 11.8 Å². The zero-order chi connectivity index (χ0) is 21.0. The number of hydrogen-bond acceptors (Lipinski definition) is 5. The molecule has 1 aromatic carbocycles. The number of amides is 1. The maximum Gasteiger partial charge on any atom is 0.333 e. The van der Waals surface area contributed by atoms with Crippen LogP contribution in [-0.4, -0.2) is 48.0 Å². The zero-order valence-electron chi connectivity index (χ0n) is 17.0. The van der Waals surface area contributed by atoms with Gasteiger partial charge in [-0.25, -0.2) is 9.59 Å². The SMILES string of the molecule is COC(=O)C1=CCC[C@@H]2C(=O)N3[C@@H](C(=O)OC)Cc4c([nH]c5ccccc45)[C@H]3C[C@H]12. The quantitative estimate of drug-likeness (QED) is 0.772. The fourth-order valence-electron chi connectivity index (χ4n) is 5.60. The number of aromatic nitrogens is 1. The van der Waals surface area contributed by atoms with Crippen molar-refractivity contribution in [2.45, 2.75) is 37.8 Å². The Morgan fingerprint density at radius 3 is 2.70 bits per heavy atom. The average molecular weight is 408 g/mol. The van der Waals surface area contributed by atoms with E-state index in [1.54, 1.807) is 4.90 Å². The van der Waals surface area contributed by atoms with Crippen LogP contribution in [0.5, 0.6) is 0 Å². The number of H-pyrrole nitrogens is 1. The summed E-state index contributed by atoms with van der Waals surface area (Å²) in [7, 11) is 2.73. The third-order valence-electron chi connectivity index (χ3n) is 6.92. The Bertz CT molecular complexity index is 1080. The number of hydrogen-bond donors (Lipinski definition) is 1. The van der Waals surface area contributed by atoms with Crippen LogP contribution in [0.1, 0.15) is 36.6 Å². The lowest BCUT2D eigenvalue weighted by Crippen LogP contribution is -2.58. The van der Waals surface area contributed by atoms with E-state index in [4.69, 9.17) is 9.47 Å². The van der Waals surface area contributed by atoms with Crippen LogP contribution in [0.4, 0.5) is 0 Å². The molecule has 1 aliphatic carbocycles. The lowest BCUT2D eigenvalue weighted by molar-refractivity contribution is -0.163. The van der Waals surface area contributed by atoms with Gasteiger partial charge in [0.15, 0.2) is 0 Å². The number of aromatic amines is 1. The molecule has 30 heavy (non-hydrogen) atoms. The minimum atomic E-state index is -0.660. The standard InChI is InChI=1S/C23H24N2O5/c1-29-22(27)14-8-5-7-13-15(14)10-18-20-16(12-6-3-4-9-17(12)24-20)11-19(23(28)30-2)25(18)21(13)26/h3-4,6,8-9,13,15,18-19,24H,5,7,10-11H2,1-2H3/t13-,15-,18+,19+/m0/s1. The number of para-hydroxylation sites is 1. The van der Waals surface area contributed by atoms with Crippen LogP contribution in [0.3, 0.4) is 0 Å². The van der Waals surface area contributed by atoms with Crippen molar-refractivity contribution in [2.24, 2.45) is 11.8 Å². The number of nitrogens with zero attached hydrogens (tertiary/aromatic N) is 1. The Labute approximate surface area is 174 Å². The second-order valence-electron chi connectivity index (χ2n) is 8.24. The molecule has 0 saturated carbocycles. The van der Waals surface area contributed by atoms with Crippen LogP contribution < -0.4 is 0 Å². The predicted molar refractivity (Wildman–Crippen MR) is 108 cm³/mol. The molecule has 3 aliphatic rings. The minimum absolute atomic E-state index is 0.0783. The monoisotopic (exact) mass is 408 g/mol. The van der Waals surface area contributed by atoms with Crippen LogP contribution in [0.15, 0.2) is 35.9 Å². The molecule has 1 aromatic heterocycles.